The minimum atomic E-state index is -3.40. The van der Waals surface area contributed by atoms with Gasteiger partial charge in [0.1, 0.15) is 5.75 Å². The summed E-state index contributed by atoms with van der Waals surface area (Å²) in [6.07, 6.45) is 1.02. The summed E-state index contributed by atoms with van der Waals surface area (Å²) in [5.41, 5.74) is 0.194. The molecule has 0 aliphatic carbocycles. The standard InChI is InChI=1S/C10H12O5S/c1-6(10(12)13)8-4-3-7(5-9(8)11)16(2,14)15/h3-6,11H,1-2H3,(H,12,13). The summed E-state index contributed by atoms with van der Waals surface area (Å²) in [6.45, 7) is 1.41. The number of phenols is 1. The van der Waals surface area contributed by atoms with Crippen molar-refractivity contribution >= 4 is 15.8 Å². The third-order valence-electron chi connectivity index (χ3n) is 2.27. The van der Waals surface area contributed by atoms with Gasteiger partial charge in [0.25, 0.3) is 0 Å². The fraction of sp³-hybridized carbons (Fsp3) is 0.300. The number of aliphatic carboxylic acids is 1. The van der Waals surface area contributed by atoms with E-state index in [0.717, 1.165) is 12.3 Å². The summed E-state index contributed by atoms with van der Waals surface area (Å²) >= 11 is 0. The van der Waals surface area contributed by atoms with Gasteiger partial charge < -0.3 is 10.2 Å². The quantitative estimate of drug-likeness (QED) is 0.827. The minimum Gasteiger partial charge on any atom is -0.508 e. The predicted octanol–water partition coefficient (Wildman–Crippen LogP) is 0.984. The fourth-order valence-corrected chi connectivity index (χ4v) is 1.89. The molecule has 0 aromatic heterocycles. The van der Waals surface area contributed by atoms with Gasteiger partial charge in [0, 0.05) is 11.8 Å². The number of aromatic hydroxyl groups is 1. The van der Waals surface area contributed by atoms with Crippen LogP contribution in [0.25, 0.3) is 0 Å². The lowest BCUT2D eigenvalue weighted by Gasteiger charge is -2.09. The molecule has 0 spiro atoms. The third-order valence-corrected chi connectivity index (χ3v) is 3.38. The Morgan fingerprint density at radius 3 is 2.31 bits per heavy atom. The molecular formula is C10H12O5S. The van der Waals surface area contributed by atoms with Crippen molar-refractivity contribution in [3.63, 3.8) is 0 Å². The molecule has 0 radical (unpaired) electrons. The molecule has 88 valence electrons. The second kappa shape index (κ2) is 4.13. The highest BCUT2D eigenvalue weighted by molar-refractivity contribution is 7.90. The summed E-state index contributed by atoms with van der Waals surface area (Å²) in [6, 6.07) is 3.65. The summed E-state index contributed by atoms with van der Waals surface area (Å²) in [5.74, 6) is -2.28. The lowest BCUT2D eigenvalue weighted by atomic mass is 10.0. The second-order valence-electron chi connectivity index (χ2n) is 3.55. The van der Waals surface area contributed by atoms with Crippen LogP contribution in [0.4, 0.5) is 0 Å². The van der Waals surface area contributed by atoms with E-state index >= 15 is 0 Å². The first-order valence-corrected chi connectivity index (χ1v) is 6.38. The Morgan fingerprint density at radius 1 is 1.38 bits per heavy atom. The Hall–Kier alpha value is -1.56. The maximum absolute atomic E-state index is 11.2. The van der Waals surface area contributed by atoms with Gasteiger partial charge in [0.05, 0.1) is 10.8 Å². The lowest BCUT2D eigenvalue weighted by Crippen LogP contribution is -2.08. The number of carboxylic acids is 1. The van der Waals surface area contributed by atoms with E-state index in [-0.39, 0.29) is 16.2 Å². The minimum absolute atomic E-state index is 0.0358. The number of hydrogen-bond donors (Lipinski definition) is 2. The Kier molecular flexibility index (Phi) is 3.23. The average molecular weight is 244 g/mol. The van der Waals surface area contributed by atoms with Gasteiger partial charge in [-0.25, -0.2) is 8.42 Å². The number of sulfone groups is 1. The van der Waals surface area contributed by atoms with Crippen LogP contribution >= 0.6 is 0 Å². The van der Waals surface area contributed by atoms with E-state index in [9.17, 15) is 18.3 Å². The third kappa shape index (κ3) is 2.52. The highest BCUT2D eigenvalue weighted by atomic mass is 32.2. The summed E-state index contributed by atoms with van der Waals surface area (Å²) in [4.78, 5) is 10.7. The van der Waals surface area contributed by atoms with Crippen molar-refractivity contribution in [2.45, 2.75) is 17.7 Å². The first-order valence-electron chi connectivity index (χ1n) is 4.49. The van der Waals surface area contributed by atoms with Crippen molar-refractivity contribution in [1.29, 1.82) is 0 Å². The molecule has 2 N–H and O–H groups in total. The van der Waals surface area contributed by atoms with Crippen LogP contribution in [0.5, 0.6) is 5.75 Å². The molecule has 1 rings (SSSR count). The molecule has 0 fully saturated rings. The predicted molar refractivity (Wildman–Crippen MR) is 57.3 cm³/mol. The molecule has 1 atom stereocenters. The van der Waals surface area contributed by atoms with Crippen LogP contribution in [0.2, 0.25) is 0 Å². The van der Waals surface area contributed by atoms with Crippen LogP contribution in [-0.4, -0.2) is 30.9 Å². The van der Waals surface area contributed by atoms with E-state index in [1.807, 2.05) is 0 Å². The largest absolute Gasteiger partial charge is 0.508 e. The molecule has 0 heterocycles. The van der Waals surface area contributed by atoms with Crippen LogP contribution in [0.15, 0.2) is 23.1 Å². The van der Waals surface area contributed by atoms with E-state index in [4.69, 9.17) is 5.11 Å². The smallest absolute Gasteiger partial charge is 0.310 e. The molecule has 0 saturated carbocycles. The molecule has 0 saturated heterocycles. The van der Waals surface area contributed by atoms with Gasteiger partial charge in [-0.2, -0.15) is 0 Å². The van der Waals surface area contributed by atoms with Gasteiger partial charge in [0.2, 0.25) is 0 Å². The number of phenolic OH excluding ortho intramolecular Hbond substituents is 1. The molecule has 0 aliphatic rings. The van der Waals surface area contributed by atoms with Crippen molar-refractivity contribution in [2.24, 2.45) is 0 Å². The van der Waals surface area contributed by atoms with Crippen molar-refractivity contribution < 1.29 is 23.4 Å². The number of benzene rings is 1. The molecule has 1 aromatic carbocycles. The van der Waals surface area contributed by atoms with E-state index < -0.39 is 21.7 Å². The normalized spacial score (nSPS) is 13.4. The van der Waals surface area contributed by atoms with Crippen molar-refractivity contribution in [2.75, 3.05) is 6.26 Å². The molecule has 0 aliphatic heterocycles. The van der Waals surface area contributed by atoms with Gasteiger partial charge in [-0.3, -0.25) is 4.79 Å². The van der Waals surface area contributed by atoms with Gasteiger partial charge >= 0.3 is 5.97 Å². The SMILES string of the molecule is CC(C(=O)O)c1ccc(S(C)(=O)=O)cc1O. The summed E-state index contributed by atoms with van der Waals surface area (Å²) in [5, 5.41) is 18.3. The first kappa shape index (κ1) is 12.5. The maximum Gasteiger partial charge on any atom is 0.310 e. The van der Waals surface area contributed by atoms with Crippen LogP contribution in [0.1, 0.15) is 18.4 Å². The Bertz CT molecular complexity index is 518. The van der Waals surface area contributed by atoms with Gasteiger partial charge in [-0.15, -0.1) is 0 Å². The van der Waals surface area contributed by atoms with Crippen molar-refractivity contribution in [1.82, 2.24) is 0 Å². The number of carboxylic acid groups (broad SMARTS) is 1. The summed E-state index contributed by atoms with van der Waals surface area (Å²) < 4.78 is 22.3. The molecular weight excluding hydrogens is 232 g/mol. The number of carbonyl (C=O) groups is 1. The average Bonchev–Trinajstić information content (AvgIpc) is 2.15. The van der Waals surface area contributed by atoms with Gasteiger partial charge in [-0.05, 0) is 19.1 Å². The molecule has 1 unspecified atom stereocenters. The number of hydrogen-bond acceptors (Lipinski definition) is 4. The highest BCUT2D eigenvalue weighted by Gasteiger charge is 2.19. The Morgan fingerprint density at radius 2 is 1.94 bits per heavy atom. The van der Waals surface area contributed by atoms with Crippen LogP contribution < -0.4 is 0 Å². The molecule has 1 aromatic rings. The molecule has 0 amide bonds. The van der Waals surface area contributed by atoms with E-state index in [0.29, 0.717) is 0 Å². The Balaban J connectivity index is 3.25. The topological polar surface area (TPSA) is 91.7 Å². The second-order valence-corrected chi connectivity index (χ2v) is 5.57. The molecule has 5 nitrogen and oxygen atoms in total. The van der Waals surface area contributed by atoms with E-state index in [1.54, 1.807) is 0 Å². The highest BCUT2D eigenvalue weighted by Crippen LogP contribution is 2.28. The van der Waals surface area contributed by atoms with Gasteiger partial charge in [0.15, 0.2) is 9.84 Å². The molecule has 16 heavy (non-hydrogen) atoms. The van der Waals surface area contributed by atoms with E-state index in [1.165, 1.54) is 19.1 Å². The zero-order valence-electron chi connectivity index (χ0n) is 8.84. The van der Waals surface area contributed by atoms with E-state index in [2.05, 4.69) is 0 Å². The van der Waals surface area contributed by atoms with Crippen molar-refractivity contribution in [3.8, 4) is 5.75 Å². The molecule has 6 heteroatoms. The fourth-order valence-electron chi connectivity index (χ4n) is 1.25. The van der Waals surface area contributed by atoms with Crippen molar-refractivity contribution in [3.05, 3.63) is 23.8 Å². The summed E-state index contributed by atoms with van der Waals surface area (Å²) in [7, 11) is -3.40. The maximum atomic E-state index is 11.2. The molecule has 0 bridgehead atoms. The zero-order valence-corrected chi connectivity index (χ0v) is 9.65. The first-order chi connectivity index (χ1) is 7.23. The van der Waals surface area contributed by atoms with Crippen LogP contribution in [-0.2, 0) is 14.6 Å². The number of rotatable bonds is 3. The van der Waals surface area contributed by atoms with Crippen LogP contribution in [0.3, 0.4) is 0 Å². The van der Waals surface area contributed by atoms with Crippen LogP contribution in [0, 0.1) is 0 Å². The zero-order chi connectivity index (χ0) is 12.5. The lowest BCUT2D eigenvalue weighted by molar-refractivity contribution is -0.138. The van der Waals surface area contributed by atoms with Gasteiger partial charge in [-0.1, -0.05) is 6.07 Å². The Labute approximate surface area is 93.3 Å². The monoisotopic (exact) mass is 244 g/mol.